The first kappa shape index (κ1) is 4.80. The number of nitrogens with zero attached hydrogens (tertiary/aromatic N) is 1. The van der Waals surface area contributed by atoms with Crippen molar-refractivity contribution in [2.45, 2.75) is 12.8 Å². The second kappa shape index (κ2) is 1.73. The van der Waals surface area contributed by atoms with Crippen LogP contribution in [0, 0.1) is 18.3 Å². The summed E-state index contributed by atoms with van der Waals surface area (Å²) < 4.78 is 0. The van der Waals surface area contributed by atoms with Gasteiger partial charge in [0.2, 0.25) is 0 Å². The summed E-state index contributed by atoms with van der Waals surface area (Å²) in [5.74, 6) is 1.84. The van der Waals surface area contributed by atoms with Crippen LogP contribution in [-0.2, 0) is 0 Å². The van der Waals surface area contributed by atoms with Crippen molar-refractivity contribution in [1.29, 1.82) is 0 Å². The molecule has 44 valence electrons. The maximum atomic E-state index is 4.34. The van der Waals surface area contributed by atoms with Gasteiger partial charge in [-0.25, -0.2) is 5.32 Å². The SMILES string of the molecule is [CH]1CCC2C[N]CC12. The van der Waals surface area contributed by atoms with Crippen molar-refractivity contribution in [3.05, 3.63) is 6.42 Å². The Kier molecular flexibility index (Phi) is 1.04. The first-order chi connectivity index (χ1) is 3.97. The van der Waals surface area contributed by atoms with Crippen LogP contribution in [0.1, 0.15) is 12.8 Å². The van der Waals surface area contributed by atoms with Crippen molar-refractivity contribution in [2.24, 2.45) is 11.8 Å². The summed E-state index contributed by atoms with van der Waals surface area (Å²) in [6, 6.07) is 0. The number of fused-ring (bicyclic) bond motifs is 1. The second-order valence-corrected chi connectivity index (χ2v) is 2.83. The van der Waals surface area contributed by atoms with Crippen LogP contribution in [0.25, 0.3) is 0 Å². The van der Waals surface area contributed by atoms with Crippen LogP contribution in [0.4, 0.5) is 0 Å². The summed E-state index contributed by atoms with van der Waals surface area (Å²) >= 11 is 0. The summed E-state index contributed by atoms with van der Waals surface area (Å²) in [4.78, 5) is 0. The Morgan fingerprint density at radius 2 is 2.38 bits per heavy atom. The molecule has 2 atom stereocenters. The van der Waals surface area contributed by atoms with Gasteiger partial charge >= 0.3 is 0 Å². The molecule has 0 aromatic rings. The topological polar surface area (TPSA) is 14.1 Å². The molecule has 0 amide bonds. The molecule has 2 rings (SSSR count). The molecule has 1 saturated carbocycles. The van der Waals surface area contributed by atoms with Crippen molar-refractivity contribution >= 4 is 0 Å². The molecule has 2 aliphatic rings. The summed E-state index contributed by atoms with van der Waals surface area (Å²) in [5.41, 5.74) is 0. The molecule has 1 nitrogen and oxygen atoms in total. The zero-order valence-electron chi connectivity index (χ0n) is 5.01. The van der Waals surface area contributed by atoms with Gasteiger partial charge in [-0.1, -0.05) is 0 Å². The Morgan fingerprint density at radius 1 is 1.38 bits per heavy atom. The Hall–Kier alpha value is -0.0400. The summed E-state index contributed by atoms with van der Waals surface area (Å²) in [6.45, 7) is 2.28. The third-order valence-corrected chi connectivity index (χ3v) is 2.32. The van der Waals surface area contributed by atoms with E-state index in [0.717, 1.165) is 24.9 Å². The number of rotatable bonds is 0. The van der Waals surface area contributed by atoms with E-state index in [9.17, 15) is 0 Å². The molecule has 0 spiro atoms. The van der Waals surface area contributed by atoms with E-state index in [-0.39, 0.29) is 0 Å². The highest BCUT2D eigenvalue weighted by Crippen LogP contribution is 2.33. The van der Waals surface area contributed by atoms with Gasteiger partial charge in [0.1, 0.15) is 0 Å². The fourth-order valence-corrected chi connectivity index (χ4v) is 1.77. The molecule has 1 aliphatic heterocycles. The average Bonchev–Trinajstić information content (AvgIpc) is 2.15. The standard InChI is InChI=1S/C7H11N/c1-2-6-4-8-5-7(6)3-1/h2,6-7H,1,3-5H2. The van der Waals surface area contributed by atoms with Gasteiger partial charge in [-0.2, -0.15) is 0 Å². The van der Waals surface area contributed by atoms with E-state index in [2.05, 4.69) is 11.7 Å². The molecule has 2 unspecified atom stereocenters. The lowest BCUT2D eigenvalue weighted by atomic mass is 10.0. The lowest BCUT2D eigenvalue weighted by Gasteiger charge is -2.02. The van der Waals surface area contributed by atoms with E-state index >= 15 is 0 Å². The molecule has 0 aromatic carbocycles. The smallest absolute Gasteiger partial charge is 0.0167 e. The lowest BCUT2D eigenvalue weighted by molar-refractivity contribution is 0.526. The van der Waals surface area contributed by atoms with Crippen LogP contribution in [0.3, 0.4) is 0 Å². The van der Waals surface area contributed by atoms with Gasteiger partial charge in [0.05, 0.1) is 0 Å². The zero-order valence-corrected chi connectivity index (χ0v) is 5.01. The third-order valence-electron chi connectivity index (χ3n) is 2.32. The maximum absolute atomic E-state index is 4.34. The lowest BCUT2D eigenvalue weighted by Crippen LogP contribution is -2.02. The van der Waals surface area contributed by atoms with Gasteiger partial charge in [0.15, 0.2) is 0 Å². The highest BCUT2D eigenvalue weighted by atomic mass is 14.9. The molecule has 1 heterocycles. The van der Waals surface area contributed by atoms with Crippen molar-refractivity contribution in [3.63, 3.8) is 0 Å². The molecule has 0 aromatic heterocycles. The quantitative estimate of drug-likeness (QED) is 0.437. The first-order valence-electron chi connectivity index (χ1n) is 3.43. The predicted molar refractivity (Wildman–Crippen MR) is 32.4 cm³/mol. The van der Waals surface area contributed by atoms with E-state index in [1.165, 1.54) is 12.8 Å². The minimum atomic E-state index is 0.884. The summed E-state index contributed by atoms with van der Waals surface area (Å²) in [7, 11) is 0. The Morgan fingerprint density at radius 3 is 3.25 bits per heavy atom. The minimum absolute atomic E-state index is 0.884. The monoisotopic (exact) mass is 109 g/mol. The molecule has 2 fully saturated rings. The van der Waals surface area contributed by atoms with Crippen LogP contribution in [0.2, 0.25) is 0 Å². The molecular formula is C7H11N. The van der Waals surface area contributed by atoms with Gasteiger partial charge in [-0.05, 0) is 31.1 Å². The van der Waals surface area contributed by atoms with Crippen LogP contribution in [0.5, 0.6) is 0 Å². The van der Waals surface area contributed by atoms with E-state index in [4.69, 9.17) is 0 Å². The van der Waals surface area contributed by atoms with Gasteiger partial charge in [-0.3, -0.25) is 0 Å². The van der Waals surface area contributed by atoms with Gasteiger partial charge in [0.25, 0.3) is 0 Å². The van der Waals surface area contributed by atoms with Crippen LogP contribution in [-0.4, -0.2) is 13.1 Å². The molecule has 0 N–H and O–H groups in total. The fraction of sp³-hybridized carbons (Fsp3) is 0.857. The molecule has 8 heavy (non-hydrogen) atoms. The molecule has 1 saturated heterocycles. The Bertz CT molecular complexity index is 70.4. The van der Waals surface area contributed by atoms with Crippen molar-refractivity contribution < 1.29 is 0 Å². The fourth-order valence-electron chi connectivity index (χ4n) is 1.77. The van der Waals surface area contributed by atoms with E-state index in [1.807, 2.05) is 0 Å². The van der Waals surface area contributed by atoms with E-state index in [0.29, 0.717) is 0 Å². The molecule has 2 radical (unpaired) electrons. The van der Waals surface area contributed by atoms with Crippen molar-refractivity contribution in [2.75, 3.05) is 13.1 Å². The predicted octanol–water partition coefficient (Wildman–Crippen LogP) is 0.835. The number of hydrogen-bond donors (Lipinski definition) is 0. The van der Waals surface area contributed by atoms with Crippen LogP contribution >= 0.6 is 0 Å². The maximum Gasteiger partial charge on any atom is 0.0167 e. The average molecular weight is 109 g/mol. The van der Waals surface area contributed by atoms with Gasteiger partial charge in [-0.15, -0.1) is 0 Å². The van der Waals surface area contributed by atoms with Gasteiger partial charge < -0.3 is 0 Å². The zero-order chi connectivity index (χ0) is 5.40. The third kappa shape index (κ3) is 0.576. The summed E-state index contributed by atoms with van der Waals surface area (Å²) in [6.07, 6.45) is 5.21. The largest absolute Gasteiger partial charge is 0.241 e. The van der Waals surface area contributed by atoms with Gasteiger partial charge in [0, 0.05) is 13.1 Å². The first-order valence-corrected chi connectivity index (χ1v) is 3.43. The molecule has 1 aliphatic carbocycles. The number of hydrogen-bond acceptors (Lipinski definition) is 0. The second-order valence-electron chi connectivity index (χ2n) is 2.83. The normalized spacial score (nSPS) is 45.0. The van der Waals surface area contributed by atoms with Crippen LogP contribution < -0.4 is 5.32 Å². The highest BCUT2D eigenvalue weighted by Gasteiger charge is 2.31. The minimum Gasteiger partial charge on any atom is -0.241 e. The Labute approximate surface area is 50.5 Å². The Balaban J connectivity index is 2.04. The van der Waals surface area contributed by atoms with Crippen molar-refractivity contribution in [3.8, 4) is 0 Å². The summed E-state index contributed by atoms with van der Waals surface area (Å²) in [5, 5.41) is 4.34. The van der Waals surface area contributed by atoms with E-state index in [1.54, 1.807) is 0 Å². The van der Waals surface area contributed by atoms with Crippen molar-refractivity contribution in [1.82, 2.24) is 5.32 Å². The highest BCUT2D eigenvalue weighted by molar-refractivity contribution is 4.96. The van der Waals surface area contributed by atoms with Crippen LogP contribution in [0.15, 0.2) is 0 Å². The van der Waals surface area contributed by atoms with E-state index < -0.39 is 0 Å². The molecular weight excluding hydrogens is 98.1 g/mol. The molecule has 1 heteroatoms. The molecule has 0 bridgehead atoms.